The molecule has 5 nitrogen and oxygen atoms in total. The van der Waals surface area contributed by atoms with Gasteiger partial charge in [-0.15, -0.1) is 0 Å². The van der Waals surface area contributed by atoms with Crippen LogP contribution in [0.15, 0.2) is 30.3 Å². The van der Waals surface area contributed by atoms with Crippen molar-refractivity contribution in [1.82, 2.24) is 5.32 Å². The largest absolute Gasteiger partial charge is 0.379 e. The van der Waals surface area contributed by atoms with Gasteiger partial charge in [0.25, 0.3) is 0 Å². The average Bonchev–Trinajstić information content (AvgIpc) is 2.97. The molecule has 0 saturated carbocycles. The van der Waals surface area contributed by atoms with E-state index in [9.17, 15) is 4.79 Å². The van der Waals surface area contributed by atoms with Gasteiger partial charge in [-0.05, 0) is 25.8 Å². The average molecular weight is 292 g/mol. The van der Waals surface area contributed by atoms with Crippen molar-refractivity contribution in [2.75, 3.05) is 19.8 Å². The van der Waals surface area contributed by atoms with Gasteiger partial charge in [0.15, 0.2) is 0 Å². The van der Waals surface area contributed by atoms with Crippen molar-refractivity contribution in [3.05, 3.63) is 35.9 Å². The maximum atomic E-state index is 12.2. The van der Waals surface area contributed by atoms with Crippen LogP contribution in [0.1, 0.15) is 25.8 Å². The summed E-state index contributed by atoms with van der Waals surface area (Å²) in [7, 11) is 0. The second kappa shape index (κ2) is 7.02. The van der Waals surface area contributed by atoms with Crippen LogP contribution in [0.25, 0.3) is 0 Å². The zero-order chi connectivity index (χ0) is 15.3. The van der Waals surface area contributed by atoms with E-state index in [1.807, 2.05) is 44.2 Å². The molecule has 1 heterocycles. The van der Waals surface area contributed by atoms with E-state index in [1.165, 1.54) is 0 Å². The molecule has 2 rings (SSSR count). The summed E-state index contributed by atoms with van der Waals surface area (Å²) in [5.41, 5.74) is 5.53. The molecular formula is C16H24N2O3. The zero-order valence-electron chi connectivity index (χ0n) is 12.7. The number of rotatable bonds is 7. The lowest BCUT2D eigenvalue weighted by Gasteiger charge is -2.34. The maximum Gasteiger partial charge on any atom is 0.244 e. The second-order valence-corrected chi connectivity index (χ2v) is 5.73. The number of hydrogen-bond donors (Lipinski definition) is 2. The Hall–Kier alpha value is -1.43. The van der Waals surface area contributed by atoms with Crippen LogP contribution in [0, 0.1) is 0 Å². The third-order valence-electron chi connectivity index (χ3n) is 3.65. The van der Waals surface area contributed by atoms with E-state index in [1.54, 1.807) is 0 Å². The molecular weight excluding hydrogens is 268 g/mol. The van der Waals surface area contributed by atoms with Crippen LogP contribution in [0.2, 0.25) is 0 Å². The van der Waals surface area contributed by atoms with Gasteiger partial charge in [-0.1, -0.05) is 30.3 Å². The molecule has 0 aromatic heterocycles. The smallest absolute Gasteiger partial charge is 0.244 e. The molecule has 0 bridgehead atoms. The molecule has 1 amide bonds. The summed E-state index contributed by atoms with van der Waals surface area (Å²) in [6, 6.07) is 9.60. The fourth-order valence-electron chi connectivity index (χ4n) is 2.60. The molecule has 1 aromatic rings. The minimum atomic E-state index is -1.02. The van der Waals surface area contributed by atoms with Gasteiger partial charge >= 0.3 is 0 Å². The second-order valence-electron chi connectivity index (χ2n) is 5.73. The summed E-state index contributed by atoms with van der Waals surface area (Å²) in [4.78, 5) is 12.2. The molecule has 1 aliphatic rings. The van der Waals surface area contributed by atoms with Crippen molar-refractivity contribution in [2.45, 2.75) is 38.0 Å². The fourth-order valence-corrected chi connectivity index (χ4v) is 2.60. The Bertz CT molecular complexity index is 458. The van der Waals surface area contributed by atoms with E-state index in [0.29, 0.717) is 13.2 Å². The minimum absolute atomic E-state index is 0.0291. The monoisotopic (exact) mass is 292 g/mol. The van der Waals surface area contributed by atoms with E-state index >= 15 is 0 Å². The summed E-state index contributed by atoms with van der Waals surface area (Å²) in [5.74, 6) is -0.429. The summed E-state index contributed by atoms with van der Waals surface area (Å²) in [6.07, 6.45) is 0.882. The van der Waals surface area contributed by atoms with Crippen LogP contribution in [-0.4, -0.2) is 37.9 Å². The molecule has 2 unspecified atom stereocenters. The van der Waals surface area contributed by atoms with E-state index in [4.69, 9.17) is 15.2 Å². The summed E-state index contributed by atoms with van der Waals surface area (Å²) >= 11 is 0. The lowest BCUT2D eigenvalue weighted by Crippen LogP contribution is -2.58. The highest BCUT2D eigenvalue weighted by molar-refractivity contribution is 5.86. The van der Waals surface area contributed by atoms with Gasteiger partial charge in [0.1, 0.15) is 5.54 Å². The van der Waals surface area contributed by atoms with Crippen LogP contribution in [0.4, 0.5) is 0 Å². The molecule has 1 aromatic carbocycles. The number of amides is 1. The van der Waals surface area contributed by atoms with Crippen LogP contribution in [-0.2, 0) is 19.8 Å². The molecule has 3 N–H and O–H groups in total. The minimum Gasteiger partial charge on any atom is -0.379 e. The predicted molar refractivity (Wildman–Crippen MR) is 80.8 cm³/mol. The van der Waals surface area contributed by atoms with Crippen molar-refractivity contribution < 1.29 is 14.3 Å². The van der Waals surface area contributed by atoms with Gasteiger partial charge in [0.05, 0.1) is 19.3 Å². The Morgan fingerprint density at radius 2 is 2.19 bits per heavy atom. The van der Waals surface area contributed by atoms with Crippen molar-refractivity contribution >= 4 is 5.91 Å². The Morgan fingerprint density at radius 3 is 2.71 bits per heavy atom. The molecule has 0 radical (unpaired) electrons. The van der Waals surface area contributed by atoms with Crippen LogP contribution < -0.4 is 11.1 Å². The van der Waals surface area contributed by atoms with Gasteiger partial charge in [-0.3, -0.25) is 10.1 Å². The molecule has 5 heteroatoms. The van der Waals surface area contributed by atoms with Gasteiger partial charge in [0, 0.05) is 12.6 Å². The summed E-state index contributed by atoms with van der Waals surface area (Å²) in [6.45, 7) is 5.46. The number of ether oxygens (including phenoxy) is 2. The number of hydrogen-bond acceptors (Lipinski definition) is 4. The topological polar surface area (TPSA) is 73.6 Å². The number of carbonyl (C=O) groups excluding carboxylic acids is 1. The van der Waals surface area contributed by atoms with Crippen molar-refractivity contribution in [3.8, 4) is 0 Å². The summed E-state index contributed by atoms with van der Waals surface area (Å²) in [5, 5.41) is 3.29. The van der Waals surface area contributed by atoms with Gasteiger partial charge in [-0.2, -0.15) is 0 Å². The van der Waals surface area contributed by atoms with Gasteiger partial charge in [-0.25, -0.2) is 0 Å². The lowest BCUT2D eigenvalue weighted by atomic mass is 9.89. The molecule has 0 aliphatic carbocycles. The molecule has 2 atom stereocenters. The molecule has 1 saturated heterocycles. The number of nitrogens with two attached hydrogens (primary N) is 1. The highest BCUT2D eigenvalue weighted by atomic mass is 16.5. The maximum absolute atomic E-state index is 12.2. The number of nitrogens with one attached hydrogen (secondary N) is 1. The Balaban J connectivity index is 2.24. The quantitative estimate of drug-likeness (QED) is 0.791. The number of benzene rings is 1. The first-order valence-corrected chi connectivity index (χ1v) is 7.37. The SMILES string of the molecule is CC(C)NC(COC1CCOC1)(C(N)=O)c1ccccc1. The third-order valence-corrected chi connectivity index (χ3v) is 3.65. The number of carbonyl (C=O) groups is 1. The predicted octanol–water partition coefficient (Wildman–Crippen LogP) is 1.17. The first-order valence-electron chi connectivity index (χ1n) is 7.37. The summed E-state index contributed by atoms with van der Waals surface area (Å²) < 4.78 is 11.2. The van der Waals surface area contributed by atoms with Gasteiger partial charge in [0.2, 0.25) is 5.91 Å². The highest BCUT2D eigenvalue weighted by Crippen LogP contribution is 2.24. The normalized spacial score (nSPS) is 21.4. The van der Waals surface area contributed by atoms with E-state index in [2.05, 4.69) is 5.32 Å². The Labute approximate surface area is 125 Å². The molecule has 1 fully saturated rings. The Kier molecular flexibility index (Phi) is 5.33. The third kappa shape index (κ3) is 3.81. The van der Waals surface area contributed by atoms with E-state index < -0.39 is 11.4 Å². The van der Waals surface area contributed by atoms with E-state index in [-0.39, 0.29) is 18.8 Å². The highest BCUT2D eigenvalue weighted by Gasteiger charge is 2.40. The first kappa shape index (κ1) is 15.9. The van der Waals surface area contributed by atoms with Crippen molar-refractivity contribution in [1.29, 1.82) is 0 Å². The fraction of sp³-hybridized carbons (Fsp3) is 0.562. The van der Waals surface area contributed by atoms with Crippen molar-refractivity contribution in [3.63, 3.8) is 0 Å². The van der Waals surface area contributed by atoms with E-state index in [0.717, 1.165) is 12.0 Å². The molecule has 116 valence electrons. The molecule has 1 aliphatic heterocycles. The lowest BCUT2D eigenvalue weighted by molar-refractivity contribution is -0.129. The zero-order valence-corrected chi connectivity index (χ0v) is 12.7. The molecule has 0 spiro atoms. The molecule has 21 heavy (non-hydrogen) atoms. The Morgan fingerprint density at radius 1 is 1.48 bits per heavy atom. The van der Waals surface area contributed by atoms with Crippen LogP contribution >= 0.6 is 0 Å². The van der Waals surface area contributed by atoms with Crippen LogP contribution in [0.5, 0.6) is 0 Å². The standard InChI is InChI=1S/C16H24N2O3/c1-12(2)18-16(15(17)19,13-6-4-3-5-7-13)11-21-14-8-9-20-10-14/h3-7,12,14,18H,8-11H2,1-2H3,(H2,17,19). The van der Waals surface area contributed by atoms with Crippen molar-refractivity contribution in [2.24, 2.45) is 5.73 Å². The van der Waals surface area contributed by atoms with Gasteiger partial charge < -0.3 is 15.2 Å². The van der Waals surface area contributed by atoms with Crippen LogP contribution in [0.3, 0.4) is 0 Å². The number of primary amides is 1. The first-order chi connectivity index (χ1) is 10.0.